The number of morpholine rings is 1. The van der Waals surface area contributed by atoms with Crippen LogP contribution in [-0.4, -0.2) is 58.4 Å². The van der Waals surface area contributed by atoms with Crippen LogP contribution in [0.3, 0.4) is 0 Å². The number of aliphatic imine (C=N–C) groups is 1. The summed E-state index contributed by atoms with van der Waals surface area (Å²) in [5, 5.41) is 3.40. The molecule has 9 heteroatoms. The summed E-state index contributed by atoms with van der Waals surface area (Å²) in [7, 11) is 6.58. The van der Waals surface area contributed by atoms with Crippen LogP contribution in [0.5, 0.6) is 17.2 Å². The van der Waals surface area contributed by atoms with Gasteiger partial charge in [-0.1, -0.05) is 12.1 Å². The summed E-state index contributed by atoms with van der Waals surface area (Å²) in [5.74, 6) is 2.47. The first-order chi connectivity index (χ1) is 15.0. The number of guanidine groups is 1. The Labute approximate surface area is 205 Å². The molecule has 0 aliphatic carbocycles. The van der Waals surface area contributed by atoms with E-state index in [4.69, 9.17) is 18.9 Å². The zero-order valence-electron chi connectivity index (χ0n) is 19.1. The van der Waals surface area contributed by atoms with Gasteiger partial charge in [-0.2, -0.15) is 0 Å². The van der Waals surface area contributed by atoms with Gasteiger partial charge in [0.15, 0.2) is 5.96 Å². The largest absolute Gasteiger partial charge is 0.496 e. The number of halogens is 2. The Bertz CT molecular complexity index is 886. The van der Waals surface area contributed by atoms with E-state index in [0.29, 0.717) is 36.9 Å². The number of hydrogen-bond acceptors (Lipinski definition) is 5. The predicted octanol–water partition coefficient (Wildman–Crippen LogP) is 4.01. The molecule has 1 aliphatic rings. The quantitative estimate of drug-likeness (QED) is 0.328. The Morgan fingerprint density at radius 1 is 1.09 bits per heavy atom. The Morgan fingerprint density at radius 2 is 1.72 bits per heavy atom. The first-order valence-electron chi connectivity index (χ1n) is 10.1. The lowest BCUT2D eigenvalue weighted by atomic mass is 10.1. The summed E-state index contributed by atoms with van der Waals surface area (Å²) in [6.07, 6.45) is -0.180. The number of nitrogens with one attached hydrogen (secondary N) is 1. The second kappa shape index (κ2) is 12.1. The highest BCUT2D eigenvalue weighted by Crippen LogP contribution is 2.34. The van der Waals surface area contributed by atoms with Crippen LogP contribution in [0.1, 0.15) is 24.2 Å². The number of nitrogens with zero attached hydrogens (tertiary/aromatic N) is 2. The van der Waals surface area contributed by atoms with E-state index in [-0.39, 0.29) is 42.0 Å². The average molecular weight is 559 g/mol. The molecule has 32 heavy (non-hydrogen) atoms. The van der Waals surface area contributed by atoms with Crippen LogP contribution < -0.4 is 19.5 Å². The van der Waals surface area contributed by atoms with Crippen molar-refractivity contribution < 1.29 is 23.3 Å². The van der Waals surface area contributed by atoms with Crippen molar-refractivity contribution in [2.24, 2.45) is 4.99 Å². The van der Waals surface area contributed by atoms with Crippen LogP contribution >= 0.6 is 24.0 Å². The van der Waals surface area contributed by atoms with Crippen molar-refractivity contribution in [2.45, 2.75) is 25.7 Å². The average Bonchev–Trinajstić information content (AvgIpc) is 2.79. The Morgan fingerprint density at radius 3 is 2.25 bits per heavy atom. The fraction of sp³-hybridized carbons (Fsp3) is 0.435. The maximum Gasteiger partial charge on any atom is 0.194 e. The maximum absolute atomic E-state index is 13.3. The number of rotatable bonds is 6. The third-order valence-electron chi connectivity index (χ3n) is 5.25. The summed E-state index contributed by atoms with van der Waals surface area (Å²) >= 11 is 0. The van der Waals surface area contributed by atoms with Crippen LogP contribution in [0, 0.1) is 5.82 Å². The minimum Gasteiger partial charge on any atom is -0.496 e. The Balaban J connectivity index is 0.00000363. The fourth-order valence-electron chi connectivity index (χ4n) is 3.74. The zero-order valence-corrected chi connectivity index (χ0v) is 21.4. The Kier molecular flexibility index (Phi) is 9.83. The van der Waals surface area contributed by atoms with E-state index in [1.54, 1.807) is 40.5 Å². The molecule has 1 N–H and O–H groups in total. The maximum atomic E-state index is 13.3. The highest BCUT2D eigenvalue weighted by atomic mass is 127. The molecular formula is C23H31FIN3O4. The number of methoxy groups -OCH3 is 3. The highest BCUT2D eigenvalue weighted by molar-refractivity contribution is 14.0. The SMILES string of the molecule is CN=C(NCc1c(OC)cc(OC)cc1OC)N1CC(C)OC(c2ccc(F)cc2)C1.I. The van der Waals surface area contributed by atoms with E-state index in [1.165, 1.54) is 12.1 Å². The lowest BCUT2D eigenvalue weighted by molar-refractivity contribution is -0.0605. The molecule has 3 rings (SSSR count). The smallest absolute Gasteiger partial charge is 0.194 e. The van der Waals surface area contributed by atoms with Gasteiger partial charge in [0.05, 0.1) is 46.1 Å². The van der Waals surface area contributed by atoms with Crippen LogP contribution in [0.25, 0.3) is 0 Å². The second-order valence-electron chi connectivity index (χ2n) is 7.30. The summed E-state index contributed by atoms with van der Waals surface area (Å²) in [4.78, 5) is 6.60. The van der Waals surface area contributed by atoms with Crippen molar-refractivity contribution in [1.29, 1.82) is 0 Å². The lowest BCUT2D eigenvalue weighted by Crippen LogP contribution is -2.50. The molecule has 0 aromatic heterocycles. The summed E-state index contributed by atoms with van der Waals surface area (Å²) in [5.41, 5.74) is 1.80. The van der Waals surface area contributed by atoms with E-state index in [9.17, 15) is 4.39 Å². The molecule has 2 aromatic rings. The van der Waals surface area contributed by atoms with Gasteiger partial charge in [0.25, 0.3) is 0 Å². The molecule has 0 saturated carbocycles. The molecule has 2 aromatic carbocycles. The number of benzene rings is 2. The van der Waals surface area contributed by atoms with Gasteiger partial charge in [0, 0.05) is 25.7 Å². The van der Waals surface area contributed by atoms with E-state index in [1.807, 2.05) is 19.1 Å². The molecule has 2 unspecified atom stereocenters. The number of ether oxygens (including phenoxy) is 4. The summed E-state index contributed by atoms with van der Waals surface area (Å²) < 4.78 is 35.8. The molecule has 1 saturated heterocycles. The van der Waals surface area contributed by atoms with Gasteiger partial charge in [-0.3, -0.25) is 4.99 Å². The van der Waals surface area contributed by atoms with Crippen LogP contribution in [0.15, 0.2) is 41.4 Å². The molecule has 176 valence electrons. The highest BCUT2D eigenvalue weighted by Gasteiger charge is 2.28. The van der Waals surface area contributed by atoms with Crippen molar-refractivity contribution in [3.8, 4) is 17.2 Å². The second-order valence-corrected chi connectivity index (χ2v) is 7.30. The molecule has 2 atom stereocenters. The third kappa shape index (κ3) is 6.16. The molecule has 0 radical (unpaired) electrons. The summed E-state index contributed by atoms with van der Waals surface area (Å²) in [6.45, 7) is 3.77. The molecule has 1 aliphatic heterocycles. The van der Waals surface area contributed by atoms with Gasteiger partial charge >= 0.3 is 0 Å². The van der Waals surface area contributed by atoms with Crippen molar-refractivity contribution >= 4 is 29.9 Å². The van der Waals surface area contributed by atoms with Crippen molar-refractivity contribution in [1.82, 2.24) is 10.2 Å². The minimum atomic E-state index is -0.260. The zero-order chi connectivity index (χ0) is 22.4. The topological polar surface area (TPSA) is 64.6 Å². The molecule has 7 nitrogen and oxygen atoms in total. The lowest BCUT2D eigenvalue weighted by Gasteiger charge is -2.38. The van der Waals surface area contributed by atoms with E-state index >= 15 is 0 Å². The van der Waals surface area contributed by atoms with E-state index in [2.05, 4.69) is 15.2 Å². The fourth-order valence-corrected chi connectivity index (χ4v) is 3.74. The van der Waals surface area contributed by atoms with Crippen LogP contribution in [0.2, 0.25) is 0 Å². The van der Waals surface area contributed by atoms with E-state index < -0.39 is 0 Å². The van der Waals surface area contributed by atoms with Crippen molar-refractivity contribution in [2.75, 3.05) is 41.5 Å². The third-order valence-corrected chi connectivity index (χ3v) is 5.25. The van der Waals surface area contributed by atoms with Gasteiger partial charge < -0.3 is 29.2 Å². The first kappa shape index (κ1) is 26.0. The van der Waals surface area contributed by atoms with Crippen molar-refractivity contribution in [3.63, 3.8) is 0 Å². The van der Waals surface area contributed by atoms with Gasteiger partial charge in [0.1, 0.15) is 29.2 Å². The van der Waals surface area contributed by atoms with Crippen LogP contribution in [-0.2, 0) is 11.3 Å². The Hall–Kier alpha value is -2.27. The van der Waals surface area contributed by atoms with Gasteiger partial charge in [-0.15, -0.1) is 24.0 Å². The van der Waals surface area contributed by atoms with Gasteiger partial charge in [0.2, 0.25) is 0 Å². The van der Waals surface area contributed by atoms with Gasteiger partial charge in [-0.05, 0) is 24.6 Å². The van der Waals surface area contributed by atoms with E-state index in [0.717, 1.165) is 17.1 Å². The molecule has 0 amide bonds. The molecule has 0 bridgehead atoms. The standard InChI is InChI=1S/C23H30FN3O4.HI/c1-15-13-27(14-22(31-15)16-6-8-17(24)9-7-16)23(25-2)26-12-19-20(29-4)10-18(28-3)11-21(19)30-5;/h6-11,15,22H,12-14H2,1-5H3,(H,25,26);1H. The molecular weight excluding hydrogens is 528 g/mol. The number of hydrogen-bond donors (Lipinski definition) is 1. The molecule has 1 heterocycles. The van der Waals surface area contributed by atoms with Crippen molar-refractivity contribution in [3.05, 3.63) is 53.3 Å². The summed E-state index contributed by atoms with van der Waals surface area (Å²) in [6, 6.07) is 10.1. The minimum absolute atomic E-state index is 0. The monoisotopic (exact) mass is 559 g/mol. The normalized spacial score (nSPS) is 18.6. The first-order valence-corrected chi connectivity index (χ1v) is 10.1. The van der Waals surface area contributed by atoms with Crippen LogP contribution in [0.4, 0.5) is 4.39 Å². The van der Waals surface area contributed by atoms with Gasteiger partial charge in [-0.25, -0.2) is 4.39 Å². The predicted molar refractivity (Wildman–Crippen MR) is 133 cm³/mol. The molecule has 1 fully saturated rings. The molecule has 0 spiro atoms.